The van der Waals surface area contributed by atoms with Crippen LogP contribution in [0.3, 0.4) is 0 Å². The van der Waals surface area contributed by atoms with E-state index in [9.17, 15) is 17.6 Å². The van der Waals surface area contributed by atoms with Crippen molar-refractivity contribution in [2.24, 2.45) is 5.73 Å². The Morgan fingerprint density at radius 3 is 2.39 bits per heavy atom. The smallest absolute Gasteiger partial charge is 0.320 e. The van der Waals surface area contributed by atoms with Gasteiger partial charge < -0.3 is 5.73 Å². The third-order valence-electron chi connectivity index (χ3n) is 2.51. The van der Waals surface area contributed by atoms with E-state index < -0.39 is 23.6 Å². The van der Waals surface area contributed by atoms with Gasteiger partial charge in [0, 0.05) is 4.88 Å². The Labute approximate surface area is 105 Å². The van der Waals surface area contributed by atoms with E-state index in [0.29, 0.717) is 5.56 Å². The molecule has 0 aliphatic heterocycles. The minimum Gasteiger partial charge on any atom is -0.320 e. The van der Waals surface area contributed by atoms with Gasteiger partial charge in [0.2, 0.25) is 0 Å². The summed E-state index contributed by atoms with van der Waals surface area (Å²) in [4.78, 5) is 0.772. The van der Waals surface area contributed by atoms with E-state index in [0.717, 1.165) is 17.0 Å². The fraction of sp³-hybridized carbons (Fsp3) is 0.167. The lowest BCUT2D eigenvalue weighted by Crippen LogP contribution is -2.13. The molecule has 0 fully saturated rings. The van der Waals surface area contributed by atoms with Crippen LogP contribution in [0.5, 0.6) is 0 Å². The molecule has 0 aliphatic carbocycles. The first-order valence-electron chi connectivity index (χ1n) is 5.05. The number of alkyl halides is 3. The molecule has 0 amide bonds. The third kappa shape index (κ3) is 2.54. The Hall–Kier alpha value is -1.40. The van der Waals surface area contributed by atoms with Crippen LogP contribution in [0.4, 0.5) is 17.6 Å². The van der Waals surface area contributed by atoms with Crippen molar-refractivity contribution in [1.82, 2.24) is 0 Å². The van der Waals surface area contributed by atoms with Crippen molar-refractivity contribution < 1.29 is 17.6 Å². The van der Waals surface area contributed by atoms with Gasteiger partial charge in [-0.1, -0.05) is 12.1 Å². The average molecular weight is 275 g/mol. The zero-order chi connectivity index (χ0) is 13.3. The van der Waals surface area contributed by atoms with Gasteiger partial charge in [-0.05, 0) is 29.1 Å². The summed E-state index contributed by atoms with van der Waals surface area (Å²) in [6.45, 7) is 0. The molecule has 2 N–H and O–H groups in total. The topological polar surface area (TPSA) is 26.0 Å². The molecule has 1 nitrogen and oxygen atoms in total. The highest BCUT2D eigenvalue weighted by Gasteiger charge is 2.34. The highest BCUT2D eigenvalue weighted by atomic mass is 32.1. The molecule has 2 aromatic rings. The van der Waals surface area contributed by atoms with E-state index in [1.807, 2.05) is 0 Å². The van der Waals surface area contributed by atoms with Gasteiger partial charge in [0.05, 0.1) is 11.6 Å². The first-order chi connectivity index (χ1) is 8.39. The van der Waals surface area contributed by atoms with Gasteiger partial charge in [0.15, 0.2) is 0 Å². The minimum absolute atomic E-state index is 0.322. The second kappa shape index (κ2) is 4.70. The van der Waals surface area contributed by atoms with Crippen molar-refractivity contribution in [3.63, 3.8) is 0 Å². The average Bonchev–Trinajstić information content (AvgIpc) is 2.79. The Morgan fingerprint density at radius 1 is 1.17 bits per heavy atom. The number of rotatable bonds is 2. The predicted octanol–water partition coefficient (Wildman–Crippen LogP) is 3.95. The second-order valence-electron chi connectivity index (χ2n) is 3.73. The van der Waals surface area contributed by atoms with Crippen LogP contribution < -0.4 is 5.73 Å². The molecule has 96 valence electrons. The molecule has 0 spiro atoms. The minimum atomic E-state index is -4.68. The predicted molar refractivity (Wildman–Crippen MR) is 61.8 cm³/mol. The van der Waals surface area contributed by atoms with Crippen molar-refractivity contribution in [2.45, 2.75) is 12.2 Å². The van der Waals surface area contributed by atoms with Gasteiger partial charge in [0.1, 0.15) is 5.82 Å². The van der Waals surface area contributed by atoms with Crippen LogP contribution in [-0.4, -0.2) is 0 Å². The van der Waals surface area contributed by atoms with Crippen molar-refractivity contribution in [3.8, 4) is 0 Å². The maximum absolute atomic E-state index is 13.4. The van der Waals surface area contributed by atoms with Crippen LogP contribution in [0.15, 0.2) is 35.7 Å². The highest BCUT2D eigenvalue weighted by Crippen LogP contribution is 2.33. The standard InChI is InChI=1S/C12H9F4NS/c13-9-6-7(3-4-8(9)12(14,15)16)11(17)10-2-1-5-18-10/h1-6,11H,17H2. The first kappa shape index (κ1) is 13.0. The van der Waals surface area contributed by atoms with E-state index >= 15 is 0 Å². The van der Waals surface area contributed by atoms with Crippen LogP contribution in [0.2, 0.25) is 0 Å². The molecule has 1 atom stereocenters. The van der Waals surface area contributed by atoms with Gasteiger partial charge in [-0.25, -0.2) is 4.39 Å². The fourth-order valence-corrected chi connectivity index (χ4v) is 2.34. The lowest BCUT2D eigenvalue weighted by molar-refractivity contribution is -0.140. The summed E-state index contributed by atoms with van der Waals surface area (Å²) in [6.07, 6.45) is -4.68. The zero-order valence-electron chi connectivity index (χ0n) is 9.04. The molecule has 0 bridgehead atoms. The largest absolute Gasteiger partial charge is 0.419 e. The molecule has 0 saturated heterocycles. The molecule has 0 aliphatic rings. The molecule has 0 saturated carbocycles. The fourth-order valence-electron chi connectivity index (χ4n) is 1.59. The van der Waals surface area contributed by atoms with Crippen LogP contribution in [0.25, 0.3) is 0 Å². The normalized spacial score (nSPS) is 13.6. The first-order valence-corrected chi connectivity index (χ1v) is 5.93. The van der Waals surface area contributed by atoms with Crippen molar-refractivity contribution in [2.75, 3.05) is 0 Å². The van der Waals surface area contributed by atoms with Crippen molar-refractivity contribution >= 4 is 11.3 Å². The Morgan fingerprint density at radius 2 is 1.89 bits per heavy atom. The summed E-state index contributed by atoms with van der Waals surface area (Å²) in [6, 6.07) is 5.69. The van der Waals surface area contributed by atoms with Crippen molar-refractivity contribution in [3.05, 3.63) is 57.5 Å². The summed E-state index contributed by atoms with van der Waals surface area (Å²) in [5, 5.41) is 1.80. The van der Waals surface area contributed by atoms with E-state index in [2.05, 4.69) is 0 Å². The number of nitrogens with two attached hydrogens (primary N) is 1. The van der Waals surface area contributed by atoms with Gasteiger partial charge >= 0.3 is 6.18 Å². The van der Waals surface area contributed by atoms with Crippen LogP contribution >= 0.6 is 11.3 Å². The molecular weight excluding hydrogens is 266 g/mol. The molecule has 18 heavy (non-hydrogen) atoms. The summed E-state index contributed by atoms with van der Waals surface area (Å²) in [5.41, 5.74) is 4.90. The number of hydrogen-bond donors (Lipinski definition) is 1. The lowest BCUT2D eigenvalue weighted by atomic mass is 10.0. The van der Waals surface area contributed by atoms with Crippen molar-refractivity contribution in [1.29, 1.82) is 0 Å². The summed E-state index contributed by atoms with van der Waals surface area (Å²) in [5.74, 6) is -1.30. The van der Waals surface area contributed by atoms with Crippen LogP contribution in [0.1, 0.15) is 22.0 Å². The lowest BCUT2D eigenvalue weighted by Gasteiger charge is -2.13. The third-order valence-corrected chi connectivity index (χ3v) is 3.46. The van der Waals surface area contributed by atoms with Gasteiger partial charge in [0.25, 0.3) is 0 Å². The summed E-state index contributed by atoms with van der Waals surface area (Å²) < 4.78 is 50.5. The quantitative estimate of drug-likeness (QED) is 0.825. The molecule has 1 heterocycles. The van der Waals surface area contributed by atoms with Gasteiger partial charge in [-0.3, -0.25) is 0 Å². The Bertz CT molecular complexity index is 534. The molecule has 2 rings (SSSR count). The summed E-state index contributed by atoms with van der Waals surface area (Å²) >= 11 is 1.37. The molecule has 6 heteroatoms. The summed E-state index contributed by atoms with van der Waals surface area (Å²) in [7, 11) is 0. The van der Waals surface area contributed by atoms with E-state index in [1.165, 1.54) is 17.4 Å². The molecule has 1 aromatic heterocycles. The van der Waals surface area contributed by atoms with E-state index in [1.54, 1.807) is 17.5 Å². The Balaban J connectivity index is 2.35. The van der Waals surface area contributed by atoms with Gasteiger partial charge in [-0.2, -0.15) is 13.2 Å². The number of halogens is 4. The molecular formula is C12H9F4NS. The molecule has 1 aromatic carbocycles. The monoisotopic (exact) mass is 275 g/mol. The Kier molecular flexibility index (Phi) is 3.41. The maximum Gasteiger partial charge on any atom is 0.419 e. The highest BCUT2D eigenvalue weighted by molar-refractivity contribution is 7.10. The van der Waals surface area contributed by atoms with Crippen LogP contribution in [-0.2, 0) is 6.18 Å². The maximum atomic E-state index is 13.4. The van der Waals surface area contributed by atoms with E-state index in [-0.39, 0.29) is 0 Å². The molecule has 1 unspecified atom stereocenters. The van der Waals surface area contributed by atoms with E-state index in [4.69, 9.17) is 5.73 Å². The van der Waals surface area contributed by atoms with Gasteiger partial charge in [-0.15, -0.1) is 11.3 Å². The number of benzene rings is 1. The van der Waals surface area contributed by atoms with Crippen LogP contribution in [0, 0.1) is 5.82 Å². The number of thiophene rings is 1. The second-order valence-corrected chi connectivity index (χ2v) is 4.71. The molecule has 0 radical (unpaired) electrons. The zero-order valence-corrected chi connectivity index (χ0v) is 9.86. The number of hydrogen-bond acceptors (Lipinski definition) is 2. The SMILES string of the molecule is NC(c1ccc(C(F)(F)F)c(F)c1)c1cccs1.